The summed E-state index contributed by atoms with van der Waals surface area (Å²) in [6.45, 7) is 7.79. The molecule has 0 spiro atoms. The highest BCUT2D eigenvalue weighted by atomic mass is 16.1. The molecule has 1 aromatic rings. The summed E-state index contributed by atoms with van der Waals surface area (Å²) in [6.07, 6.45) is 0.990. The van der Waals surface area contributed by atoms with Crippen molar-refractivity contribution in [3.8, 4) is 0 Å². The van der Waals surface area contributed by atoms with Crippen LogP contribution < -0.4 is 21.7 Å². The van der Waals surface area contributed by atoms with E-state index >= 15 is 0 Å². The largest absolute Gasteiger partial charge is 0.370 e. The number of nitrogen functional groups attached to an aromatic ring is 1. The number of hydrogen-bond donors (Lipinski definition) is 4. The Hall–Kier alpha value is -2.05. The van der Waals surface area contributed by atoms with Crippen molar-refractivity contribution < 1.29 is 4.79 Å². The molecule has 0 aliphatic heterocycles. The molecule has 7 heteroatoms. The van der Waals surface area contributed by atoms with Crippen LogP contribution in [0.1, 0.15) is 27.2 Å². The topological polar surface area (TPSA) is 105 Å². The van der Waals surface area contributed by atoms with Gasteiger partial charge in [-0.05, 0) is 12.3 Å². The third-order valence-corrected chi connectivity index (χ3v) is 2.44. The Kier molecular flexibility index (Phi) is 6.55. The number of hydrogen-bond acceptors (Lipinski definition) is 6. The highest BCUT2D eigenvalue weighted by molar-refractivity contribution is 5.80. The second kappa shape index (κ2) is 8.19. The van der Waals surface area contributed by atoms with Gasteiger partial charge in [-0.1, -0.05) is 20.8 Å². The maximum absolute atomic E-state index is 11.6. The zero-order valence-corrected chi connectivity index (χ0v) is 12.4. The first kappa shape index (κ1) is 16.0. The maximum atomic E-state index is 11.6. The van der Waals surface area contributed by atoms with Crippen LogP contribution in [0.3, 0.4) is 0 Å². The summed E-state index contributed by atoms with van der Waals surface area (Å²) >= 11 is 0. The lowest BCUT2D eigenvalue weighted by Gasteiger charge is -2.10. The molecular weight excluding hydrogens is 256 g/mol. The summed E-state index contributed by atoms with van der Waals surface area (Å²) in [4.78, 5) is 19.7. The first-order valence-electron chi connectivity index (χ1n) is 6.90. The summed E-state index contributed by atoms with van der Waals surface area (Å²) in [5.41, 5.74) is 5.63. The summed E-state index contributed by atoms with van der Waals surface area (Å²) < 4.78 is 0. The van der Waals surface area contributed by atoms with Crippen molar-refractivity contribution in [3.05, 3.63) is 6.07 Å². The van der Waals surface area contributed by atoms with Crippen LogP contribution in [-0.2, 0) is 4.79 Å². The fourth-order valence-corrected chi connectivity index (χ4v) is 1.45. The van der Waals surface area contributed by atoms with Crippen LogP contribution in [0.5, 0.6) is 0 Å². The molecule has 1 heterocycles. The molecule has 0 aromatic carbocycles. The Morgan fingerprint density at radius 1 is 1.30 bits per heavy atom. The summed E-state index contributed by atoms with van der Waals surface area (Å²) in [6, 6.07) is 1.74. The molecular formula is C13H24N6O. The molecule has 5 N–H and O–H groups in total. The minimum atomic E-state index is -0.0704. The first-order valence-corrected chi connectivity index (χ1v) is 6.90. The van der Waals surface area contributed by atoms with Crippen molar-refractivity contribution in [1.29, 1.82) is 0 Å². The monoisotopic (exact) mass is 280 g/mol. The van der Waals surface area contributed by atoms with Gasteiger partial charge in [0.05, 0.1) is 6.54 Å². The summed E-state index contributed by atoms with van der Waals surface area (Å²) in [5, 5.41) is 8.90. The Morgan fingerprint density at radius 2 is 1.95 bits per heavy atom. The highest BCUT2D eigenvalue weighted by Gasteiger charge is 2.05. The lowest BCUT2D eigenvalue weighted by atomic mass is 10.2. The quantitative estimate of drug-likeness (QED) is 0.567. The van der Waals surface area contributed by atoms with E-state index in [1.165, 1.54) is 0 Å². The van der Waals surface area contributed by atoms with Gasteiger partial charge in [-0.15, -0.1) is 0 Å². The molecule has 0 aliphatic rings. The van der Waals surface area contributed by atoms with Gasteiger partial charge in [0.2, 0.25) is 11.9 Å². The maximum Gasteiger partial charge on any atom is 0.239 e. The fraction of sp³-hybridized carbons (Fsp3) is 0.615. The normalized spacial score (nSPS) is 10.4. The molecule has 112 valence electrons. The van der Waals surface area contributed by atoms with Gasteiger partial charge in [0.1, 0.15) is 11.6 Å². The third kappa shape index (κ3) is 6.21. The zero-order chi connectivity index (χ0) is 15.0. The van der Waals surface area contributed by atoms with Gasteiger partial charge in [0.15, 0.2) is 0 Å². The van der Waals surface area contributed by atoms with Gasteiger partial charge in [0, 0.05) is 19.2 Å². The van der Waals surface area contributed by atoms with Crippen molar-refractivity contribution in [2.45, 2.75) is 27.2 Å². The van der Waals surface area contributed by atoms with Crippen molar-refractivity contribution in [2.75, 3.05) is 36.0 Å². The predicted molar refractivity (Wildman–Crippen MR) is 81.6 cm³/mol. The lowest BCUT2D eigenvalue weighted by Crippen LogP contribution is -2.32. The van der Waals surface area contributed by atoms with Gasteiger partial charge in [-0.3, -0.25) is 4.79 Å². The number of aromatic nitrogens is 2. The average Bonchev–Trinajstić information content (AvgIpc) is 2.40. The molecule has 0 aliphatic carbocycles. The second-order valence-electron chi connectivity index (χ2n) is 4.97. The molecule has 20 heavy (non-hydrogen) atoms. The van der Waals surface area contributed by atoms with Gasteiger partial charge in [-0.2, -0.15) is 9.97 Å². The number of carbonyl (C=O) groups is 1. The van der Waals surface area contributed by atoms with Gasteiger partial charge >= 0.3 is 0 Å². The molecule has 0 atom stereocenters. The molecule has 7 nitrogen and oxygen atoms in total. The van der Waals surface area contributed by atoms with Crippen molar-refractivity contribution in [1.82, 2.24) is 15.3 Å². The van der Waals surface area contributed by atoms with E-state index in [0.29, 0.717) is 24.1 Å². The van der Waals surface area contributed by atoms with E-state index in [1.54, 1.807) is 6.07 Å². The number of amides is 1. The molecule has 0 bridgehead atoms. The standard InChI is InChI=1S/C13H24N6O/c1-4-5-15-10-6-11(19-13(14)18-10)16-8-12(20)17-7-9(2)3/h6,9H,4-5,7-8H2,1-3H3,(H,17,20)(H4,14,15,16,18,19). The zero-order valence-electron chi connectivity index (χ0n) is 12.4. The average molecular weight is 280 g/mol. The molecule has 0 unspecified atom stereocenters. The van der Waals surface area contributed by atoms with E-state index in [9.17, 15) is 4.79 Å². The molecule has 1 aromatic heterocycles. The van der Waals surface area contributed by atoms with E-state index in [-0.39, 0.29) is 18.4 Å². The van der Waals surface area contributed by atoms with Crippen molar-refractivity contribution in [2.24, 2.45) is 5.92 Å². The Labute approximate surface area is 119 Å². The van der Waals surface area contributed by atoms with Crippen LogP contribution in [-0.4, -0.2) is 35.5 Å². The van der Waals surface area contributed by atoms with Crippen LogP contribution >= 0.6 is 0 Å². The minimum Gasteiger partial charge on any atom is -0.370 e. The SMILES string of the molecule is CCCNc1cc(NCC(=O)NCC(C)C)nc(N)n1. The molecule has 0 fully saturated rings. The van der Waals surface area contributed by atoms with E-state index in [0.717, 1.165) is 13.0 Å². The number of nitrogens with zero attached hydrogens (tertiary/aromatic N) is 2. The van der Waals surface area contributed by atoms with E-state index in [4.69, 9.17) is 5.73 Å². The number of nitrogens with one attached hydrogen (secondary N) is 3. The molecule has 1 amide bonds. The van der Waals surface area contributed by atoms with E-state index in [1.807, 2.05) is 13.8 Å². The number of carbonyl (C=O) groups excluding carboxylic acids is 1. The van der Waals surface area contributed by atoms with Crippen LogP contribution in [0.4, 0.5) is 17.6 Å². The van der Waals surface area contributed by atoms with Gasteiger partial charge in [-0.25, -0.2) is 0 Å². The van der Waals surface area contributed by atoms with Crippen LogP contribution in [0.25, 0.3) is 0 Å². The van der Waals surface area contributed by atoms with Crippen LogP contribution in [0, 0.1) is 5.92 Å². The minimum absolute atomic E-state index is 0.0704. The number of rotatable bonds is 8. The van der Waals surface area contributed by atoms with Gasteiger partial charge in [0.25, 0.3) is 0 Å². The van der Waals surface area contributed by atoms with E-state index in [2.05, 4.69) is 32.8 Å². The Balaban J connectivity index is 2.50. The molecule has 1 rings (SSSR count). The van der Waals surface area contributed by atoms with E-state index < -0.39 is 0 Å². The number of anilines is 3. The van der Waals surface area contributed by atoms with Crippen LogP contribution in [0.2, 0.25) is 0 Å². The molecule has 0 saturated carbocycles. The Bertz CT molecular complexity index is 435. The highest BCUT2D eigenvalue weighted by Crippen LogP contribution is 2.12. The number of nitrogens with two attached hydrogens (primary N) is 1. The molecule has 0 saturated heterocycles. The predicted octanol–water partition coefficient (Wildman–Crippen LogP) is 1.06. The van der Waals surface area contributed by atoms with Gasteiger partial charge < -0.3 is 21.7 Å². The smallest absolute Gasteiger partial charge is 0.239 e. The van der Waals surface area contributed by atoms with Crippen LogP contribution in [0.15, 0.2) is 6.07 Å². The second-order valence-corrected chi connectivity index (χ2v) is 4.97. The molecule has 0 radical (unpaired) electrons. The lowest BCUT2D eigenvalue weighted by molar-refractivity contribution is -0.119. The summed E-state index contributed by atoms with van der Waals surface area (Å²) in [7, 11) is 0. The fourth-order valence-electron chi connectivity index (χ4n) is 1.45. The first-order chi connectivity index (χ1) is 9.51. The summed E-state index contributed by atoms with van der Waals surface area (Å²) in [5.74, 6) is 1.73. The van der Waals surface area contributed by atoms with Crippen molar-refractivity contribution in [3.63, 3.8) is 0 Å². The Morgan fingerprint density at radius 3 is 2.55 bits per heavy atom. The van der Waals surface area contributed by atoms with Crippen molar-refractivity contribution >= 4 is 23.5 Å². The third-order valence-electron chi connectivity index (χ3n) is 2.44.